The molecular formula is C47H60O7. The summed E-state index contributed by atoms with van der Waals surface area (Å²) in [5.41, 5.74) is -0.301. The van der Waals surface area contributed by atoms with Crippen LogP contribution in [0.5, 0.6) is 34.5 Å². The number of rotatable bonds is 18. The van der Waals surface area contributed by atoms with Crippen LogP contribution in [-0.4, -0.2) is 23.1 Å². The minimum absolute atomic E-state index is 0.101. The van der Waals surface area contributed by atoms with Gasteiger partial charge in [-0.2, -0.15) is 0 Å². The van der Waals surface area contributed by atoms with Gasteiger partial charge in [0.15, 0.2) is 0 Å². The number of esters is 2. The van der Waals surface area contributed by atoms with Crippen molar-refractivity contribution in [3.05, 3.63) is 108 Å². The lowest BCUT2D eigenvalue weighted by Gasteiger charge is -2.45. The molecule has 2 atom stereocenters. The van der Waals surface area contributed by atoms with Crippen molar-refractivity contribution < 1.29 is 33.3 Å². The normalized spacial score (nSPS) is 13.7. The summed E-state index contributed by atoms with van der Waals surface area (Å²) < 4.78 is 30.5. The van der Waals surface area contributed by atoms with E-state index in [0.29, 0.717) is 54.4 Å². The zero-order valence-corrected chi connectivity index (χ0v) is 34.2. The smallest absolute Gasteiger partial charge is 0.321 e. The summed E-state index contributed by atoms with van der Waals surface area (Å²) in [7, 11) is 0. The summed E-state index contributed by atoms with van der Waals surface area (Å²) >= 11 is 0. The van der Waals surface area contributed by atoms with Gasteiger partial charge in [0.1, 0.15) is 51.1 Å². The van der Waals surface area contributed by atoms with E-state index in [4.69, 9.17) is 23.7 Å². The fourth-order valence-corrected chi connectivity index (χ4v) is 6.39. The molecular weight excluding hydrogens is 677 g/mol. The lowest BCUT2D eigenvalue weighted by Crippen LogP contribution is -2.55. The molecule has 4 aromatic carbocycles. The Labute approximate surface area is 323 Å². The first kappa shape index (κ1) is 42.0. The SMILES string of the molecule is CCC(C)(C)Oc1ccc(Oc2ccc(OC(=O)C(CC)(CC)C(C)(CC)Oc3ccc(C(C)c4ccc(OC(=O)C(C)(C)CC)cc4)cc3)cc2)cc1. The van der Waals surface area contributed by atoms with Gasteiger partial charge < -0.3 is 23.7 Å². The van der Waals surface area contributed by atoms with Crippen LogP contribution in [0.2, 0.25) is 0 Å². The summed E-state index contributed by atoms with van der Waals surface area (Å²) in [6.45, 7) is 22.2. The maximum absolute atomic E-state index is 14.1. The summed E-state index contributed by atoms with van der Waals surface area (Å²) in [5.74, 6) is 3.31. The van der Waals surface area contributed by atoms with Crippen LogP contribution in [0.15, 0.2) is 97.1 Å². The number of hydrogen-bond donors (Lipinski definition) is 0. The molecule has 0 saturated carbocycles. The van der Waals surface area contributed by atoms with Crippen molar-refractivity contribution in [2.75, 3.05) is 0 Å². The molecule has 4 rings (SSSR count). The molecule has 0 N–H and O–H groups in total. The van der Waals surface area contributed by atoms with Crippen LogP contribution in [-0.2, 0) is 9.59 Å². The highest BCUT2D eigenvalue weighted by molar-refractivity contribution is 5.81. The van der Waals surface area contributed by atoms with Gasteiger partial charge in [0, 0.05) is 5.92 Å². The Kier molecular flexibility index (Phi) is 13.7. The Morgan fingerprint density at radius 2 is 0.870 bits per heavy atom. The fourth-order valence-electron chi connectivity index (χ4n) is 6.39. The first-order valence-electron chi connectivity index (χ1n) is 19.4. The zero-order valence-electron chi connectivity index (χ0n) is 34.2. The number of benzene rings is 4. The van der Waals surface area contributed by atoms with Gasteiger partial charge in [-0.1, -0.05) is 65.8 Å². The van der Waals surface area contributed by atoms with Gasteiger partial charge in [0.25, 0.3) is 0 Å². The van der Waals surface area contributed by atoms with Crippen molar-refractivity contribution in [3.63, 3.8) is 0 Å². The van der Waals surface area contributed by atoms with Crippen LogP contribution in [0.25, 0.3) is 0 Å². The summed E-state index contributed by atoms with van der Waals surface area (Å²) in [6, 6.07) is 30.4. The third-order valence-electron chi connectivity index (χ3n) is 11.4. The second-order valence-corrected chi connectivity index (χ2v) is 15.6. The maximum atomic E-state index is 14.1. The maximum Gasteiger partial charge on any atom is 0.321 e. The molecule has 7 nitrogen and oxygen atoms in total. The standard InChI is InChI=1S/C47H60O7/c1-12-44(7,8)42(48)51-38-21-17-34(18-22-38)33(6)35-19-23-41(24-20-35)54-46(11,14-3)47(15-4,16-5)43(49)52-39-27-25-36(26-28-39)50-37-29-31-40(32-30-37)53-45(9,10)13-2/h17-33H,12-16H2,1-11H3. The van der Waals surface area contributed by atoms with Gasteiger partial charge in [-0.3, -0.25) is 9.59 Å². The Morgan fingerprint density at radius 1 is 0.481 bits per heavy atom. The molecule has 0 radical (unpaired) electrons. The first-order chi connectivity index (χ1) is 25.5. The zero-order chi connectivity index (χ0) is 39.7. The van der Waals surface area contributed by atoms with Crippen LogP contribution in [0.1, 0.15) is 125 Å². The van der Waals surface area contributed by atoms with E-state index in [0.717, 1.165) is 23.3 Å². The molecule has 0 amide bonds. The number of carbonyl (C=O) groups excluding carboxylic acids is 2. The van der Waals surface area contributed by atoms with Crippen LogP contribution < -0.4 is 23.7 Å². The van der Waals surface area contributed by atoms with Gasteiger partial charge in [-0.25, -0.2) is 0 Å². The molecule has 0 aliphatic rings. The number of ether oxygens (including phenoxy) is 5. The van der Waals surface area contributed by atoms with Crippen LogP contribution >= 0.6 is 0 Å². The quantitative estimate of drug-likeness (QED) is 0.0743. The molecule has 290 valence electrons. The topological polar surface area (TPSA) is 80.3 Å². The molecule has 0 heterocycles. The van der Waals surface area contributed by atoms with Crippen molar-refractivity contribution in [1.29, 1.82) is 0 Å². The molecule has 0 aliphatic carbocycles. The summed E-state index contributed by atoms with van der Waals surface area (Å²) in [5, 5.41) is 0. The molecule has 54 heavy (non-hydrogen) atoms. The largest absolute Gasteiger partial charge is 0.488 e. The highest BCUT2D eigenvalue weighted by Crippen LogP contribution is 2.45. The molecule has 0 saturated heterocycles. The Bertz CT molecular complexity index is 1800. The van der Waals surface area contributed by atoms with E-state index in [9.17, 15) is 9.59 Å². The molecule has 0 spiro atoms. The van der Waals surface area contributed by atoms with E-state index in [-0.39, 0.29) is 23.5 Å². The fraction of sp³-hybridized carbons (Fsp3) is 0.447. The van der Waals surface area contributed by atoms with E-state index < -0.39 is 16.4 Å². The Balaban J connectivity index is 1.42. The van der Waals surface area contributed by atoms with Crippen LogP contribution in [0.3, 0.4) is 0 Å². The van der Waals surface area contributed by atoms with Crippen molar-refractivity contribution in [1.82, 2.24) is 0 Å². The monoisotopic (exact) mass is 736 g/mol. The van der Waals surface area contributed by atoms with E-state index in [2.05, 4.69) is 39.8 Å². The molecule has 7 heteroatoms. The third-order valence-corrected chi connectivity index (χ3v) is 11.4. The van der Waals surface area contributed by atoms with Crippen molar-refractivity contribution >= 4 is 11.9 Å². The second-order valence-electron chi connectivity index (χ2n) is 15.6. The lowest BCUT2D eigenvalue weighted by atomic mass is 9.67. The molecule has 0 bridgehead atoms. The average molecular weight is 737 g/mol. The molecule has 2 unspecified atom stereocenters. The summed E-state index contributed by atoms with van der Waals surface area (Å²) in [6.07, 6.45) is 3.29. The van der Waals surface area contributed by atoms with E-state index in [1.807, 2.05) is 109 Å². The predicted molar refractivity (Wildman–Crippen MR) is 216 cm³/mol. The third kappa shape index (κ3) is 9.85. The highest BCUT2D eigenvalue weighted by Gasteiger charge is 2.54. The van der Waals surface area contributed by atoms with Gasteiger partial charge in [0.05, 0.1) is 5.41 Å². The second kappa shape index (κ2) is 17.6. The Morgan fingerprint density at radius 3 is 1.30 bits per heavy atom. The van der Waals surface area contributed by atoms with Gasteiger partial charge in [-0.05, 0) is 151 Å². The minimum Gasteiger partial charge on any atom is -0.488 e. The summed E-state index contributed by atoms with van der Waals surface area (Å²) in [4.78, 5) is 26.6. The van der Waals surface area contributed by atoms with Crippen molar-refractivity contribution in [3.8, 4) is 34.5 Å². The number of hydrogen-bond acceptors (Lipinski definition) is 7. The lowest BCUT2D eigenvalue weighted by molar-refractivity contribution is -0.162. The van der Waals surface area contributed by atoms with E-state index in [1.165, 1.54) is 0 Å². The van der Waals surface area contributed by atoms with Gasteiger partial charge in [0.2, 0.25) is 0 Å². The molecule has 4 aromatic rings. The van der Waals surface area contributed by atoms with Crippen molar-refractivity contribution in [2.45, 2.75) is 125 Å². The van der Waals surface area contributed by atoms with E-state index in [1.54, 1.807) is 24.3 Å². The average Bonchev–Trinajstić information content (AvgIpc) is 3.17. The van der Waals surface area contributed by atoms with E-state index >= 15 is 0 Å². The van der Waals surface area contributed by atoms with Crippen LogP contribution in [0, 0.1) is 10.8 Å². The van der Waals surface area contributed by atoms with Gasteiger partial charge in [-0.15, -0.1) is 0 Å². The first-order valence-corrected chi connectivity index (χ1v) is 19.4. The predicted octanol–water partition coefficient (Wildman–Crippen LogP) is 12.5. The van der Waals surface area contributed by atoms with Crippen molar-refractivity contribution in [2.24, 2.45) is 10.8 Å². The minimum atomic E-state index is -0.906. The molecule has 0 fully saturated rings. The van der Waals surface area contributed by atoms with Crippen LogP contribution in [0.4, 0.5) is 0 Å². The Hall–Kier alpha value is -4.78. The molecule has 0 aromatic heterocycles. The highest BCUT2D eigenvalue weighted by atomic mass is 16.5. The van der Waals surface area contributed by atoms with Gasteiger partial charge >= 0.3 is 11.9 Å². The molecule has 0 aliphatic heterocycles. The number of carbonyl (C=O) groups is 2.